The summed E-state index contributed by atoms with van der Waals surface area (Å²) >= 11 is 0. The molecule has 2 rings (SSSR count). The maximum Gasteiger partial charge on any atom is 0.342 e. The lowest BCUT2D eigenvalue weighted by molar-refractivity contribution is -0.0399. The minimum Gasteiger partial charge on any atom is -0.507 e. The van der Waals surface area contributed by atoms with Gasteiger partial charge in [0.15, 0.2) is 11.5 Å². The Morgan fingerprint density at radius 1 is 1.00 bits per heavy atom. The summed E-state index contributed by atoms with van der Waals surface area (Å²) in [6, 6.07) is 3.21. The maximum absolute atomic E-state index is 12.1. The van der Waals surface area contributed by atoms with Gasteiger partial charge in [0.25, 0.3) is 0 Å². The predicted octanol–water partition coefficient (Wildman–Crippen LogP) is 3.43. The lowest BCUT2D eigenvalue weighted by Gasteiger charge is -2.19. The second kappa shape index (κ2) is 8.81. The minimum atomic E-state index is -0.765. The van der Waals surface area contributed by atoms with Crippen LogP contribution in [0.4, 0.5) is 0 Å². The number of phenolic OH excluding ortho intramolecular Hbond substituents is 3. The van der Waals surface area contributed by atoms with Crippen molar-refractivity contribution in [1.82, 2.24) is 0 Å². The molecule has 0 saturated heterocycles. The lowest BCUT2D eigenvalue weighted by Crippen LogP contribution is -2.07. The standard InChI is InChI=1S/C20H24O8/c1-10-6-14(21)13(8-27-9-25-4)15(7-10)28-19-11(2)16(20(24)26-5)17(22)12(3)18(19)23/h6-7,21-23H,8-9H2,1-5H3. The summed E-state index contributed by atoms with van der Waals surface area (Å²) in [5, 5.41) is 31.0. The van der Waals surface area contributed by atoms with E-state index < -0.39 is 5.97 Å². The molecule has 0 aromatic heterocycles. The van der Waals surface area contributed by atoms with Gasteiger partial charge in [0, 0.05) is 18.2 Å². The van der Waals surface area contributed by atoms with Gasteiger partial charge in [-0.2, -0.15) is 0 Å². The molecule has 0 atom stereocenters. The topological polar surface area (TPSA) is 115 Å². The number of aryl methyl sites for hydroxylation is 1. The van der Waals surface area contributed by atoms with Crippen molar-refractivity contribution in [3.05, 3.63) is 39.9 Å². The molecule has 152 valence electrons. The van der Waals surface area contributed by atoms with Gasteiger partial charge in [-0.25, -0.2) is 4.79 Å². The number of carbonyl (C=O) groups is 1. The Balaban J connectivity index is 2.59. The molecule has 0 spiro atoms. The third kappa shape index (κ3) is 4.13. The molecule has 0 bridgehead atoms. The zero-order chi connectivity index (χ0) is 21.0. The Labute approximate surface area is 162 Å². The fourth-order valence-corrected chi connectivity index (χ4v) is 2.75. The molecule has 0 aliphatic rings. The van der Waals surface area contributed by atoms with Crippen LogP contribution in [0, 0.1) is 20.8 Å². The van der Waals surface area contributed by atoms with Gasteiger partial charge in [-0.05, 0) is 38.5 Å². The van der Waals surface area contributed by atoms with Crippen LogP contribution in [0.3, 0.4) is 0 Å². The van der Waals surface area contributed by atoms with E-state index >= 15 is 0 Å². The van der Waals surface area contributed by atoms with Crippen LogP contribution >= 0.6 is 0 Å². The summed E-state index contributed by atoms with van der Waals surface area (Å²) in [6.45, 7) is 4.73. The van der Waals surface area contributed by atoms with Crippen LogP contribution in [0.2, 0.25) is 0 Å². The highest BCUT2D eigenvalue weighted by Crippen LogP contribution is 2.45. The molecular weight excluding hydrogens is 368 g/mol. The molecule has 0 heterocycles. The largest absolute Gasteiger partial charge is 0.507 e. The van der Waals surface area contributed by atoms with Crippen molar-refractivity contribution in [3.8, 4) is 28.7 Å². The van der Waals surface area contributed by atoms with Crippen molar-refractivity contribution in [3.63, 3.8) is 0 Å². The first-order chi connectivity index (χ1) is 13.2. The molecule has 2 aromatic rings. The minimum absolute atomic E-state index is 0.00395. The summed E-state index contributed by atoms with van der Waals surface area (Å²) in [7, 11) is 2.66. The Morgan fingerprint density at radius 2 is 1.68 bits per heavy atom. The number of aromatic hydroxyl groups is 3. The van der Waals surface area contributed by atoms with Crippen LogP contribution in [0.1, 0.15) is 32.6 Å². The first-order valence-corrected chi connectivity index (χ1v) is 8.43. The molecule has 28 heavy (non-hydrogen) atoms. The molecule has 0 saturated carbocycles. The first kappa shape index (κ1) is 21.3. The summed E-state index contributed by atoms with van der Waals surface area (Å²) < 4.78 is 20.8. The van der Waals surface area contributed by atoms with E-state index in [9.17, 15) is 20.1 Å². The van der Waals surface area contributed by atoms with E-state index in [2.05, 4.69) is 0 Å². The number of ether oxygens (including phenoxy) is 4. The first-order valence-electron chi connectivity index (χ1n) is 8.43. The van der Waals surface area contributed by atoms with Crippen LogP contribution in [-0.2, 0) is 20.8 Å². The molecular formula is C20H24O8. The van der Waals surface area contributed by atoms with E-state index in [0.717, 1.165) is 0 Å². The Hall–Kier alpha value is -2.97. The van der Waals surface area contributed by atoms with Crippen LogP contribution in [0.15, 0.2) is 12.1 Å². The molecule has 3 N–H and O–H groups in total. The number of benzene rings is 2. The number of methoxy groups -OCH3 is 2. The molecule has 0 amide bonds. The van der Waals surface area contributed by atoms with Crippen molar-refractivity contribution < 1.29 is 39.1 Å². The SMILES string of the molecule is COCOCc1c(O)cc(C)cc1Oc1c(C)c(C(=O)OC)c(O)c(C)c1O. The monoisotopic (exact) mass is 392 g/mol. The Morgan fingerprint density at radius 3 is 2.29 bits per heavy atom. The highest BCUT2D eigenvalue weighted by Gasteiger charge is 2.26. The number of esters is 1. The number of hydrogen-bond acceptors (Lipinski definition) is 8. The number of hydrogen-bond donors (Lipinski definition) is 3. The third-order valence-electron chi connectivity index (χ3n) is 4.26. The average molecular weight is 392 g/mol. The van der Waals surface area contributed by atoms with Crippen LogP contribution in [0.25, 0.3) is 0 Å². The van der Waals surface area contributed by atoms with Crippen LogP contribution < -0.4 is 4.74 Å². The molecule has 0 fully saturated rings. The number of phenols is 3. The molecule has 0 aliphatic heterocycles. The quantitative estimate of drug-likeness (QED) is 0.373. The molecule has 0 unspecified atom stereocenters. The molecule has 8 nitrogen and oxygen atoms in total. The average Bonchev–Trinajstić information content (AvgIpc) is 2.65. The van der Waals surface area contributed by atoms with E-state index in [-0.39, 0.29) is 58.8 Å². The van der Waals surface area contributed by atoms with Crippen molar-refractivity contribution >= 4 is 5.97 Å². The van der Waals surface area contributed by atoms with Gasteiger partial charge in [-0.3, -0.25) is 0 Å². The Kier molecular flexibility index (Phi) is 6.71. The Bertz CT molecular complexity index is 889. The van der Waals surface area contributed by atoms with Crippen molar-refractivity contribution in [1.29, 1.82) is 0 Å². The van der Waals surface area contributed by atoms with Gasteiger partial charge >= 0.3 is 5.97 Å². The number of rotatable bonds is 7. The van der Waals surface area contributed by atoms with E-state index in [1.165, 1.54) is 28.1 Å². The summed E-state index contributed by atoms with van der Waals surface area (Å²) in [4.78, 5) is 12.1. The van der Waals surface area contributed by atoms with Crippen molar-refractivity contribution in [2.75, 3.05) is 21.0 Å². The van der Waals surface area contributed by atoms with E-state index in [1.54, 1.807) is 19.1 Å². The van der Waals surface area contributed by atoms with Crippen LogP contribution in [0.5, 0.6) is 28.7 Å². The lowest BCUT2D eigenvalue weighted by atomic mass is 10.0. The van der Waals surface area contributed by atoms with Gasteiger partial charge in [0.05, 0.1) is 19.3 Å². The molecule has 8 heteroatoms. The smallest absolute Gasteiger partial charge is 0.342 e. The van der Waals surface area contributed by atoms with Gasteiger partial charge in [-0.1, -0.05) is 0 Å². The highest BCUT2D eigenvalue weighted by atomic mass is 16.7. The fourth-order valence-electron chi connectivity index (χ4n) is 2.75. The van der Waals surface area contributed by atoms with E-state index in [1.807, 2.05) is 0 Å². The van der Waals surface area contributed by atoms with Crippen LogP contribution in [-0.4, -0.2) is 42.3 Å². The summed E-state index contributed by atoms with van der Waals surface area (Å²) in [5.74, 6) is -1.33. The summed E-state index contributed by atoms with van der Waals surface area (Å²) in [6.07, 6.45) is 0. The normalized spacial score (nSPS) is 10.8. The van der Waals surface area contributed by atoms with E-state index in [0.29, 0.717) is 11.1 Å². The fraction of sp³-hybridized carbons (Fsp3) is 0.350. The zero-order valence-corrected chi connectivity index (χ0v) is 16.5. The van der Waals surface area contributed by atoms with Gasteiger partial charge in [-0.15, -0.1) is 0 Å². The molecule has 0 aliphatic carbocycles. The van der Waals surface area contributed by atoms with Gasteiger partial charge in [0.1, 0.15) is 29.6 Å². The van der Waals surface area contributed by atoms with Gasteiger partial charge in [0.2, 0.25) is 0 Å². The zero-order valence-electron chi connectivity index (χ0n) is 16.5. The summed E-state index contributed by atoms with van der Waals surface area (Å²) in [5.41, 5.74) is 1.20. The third-order valence-corrected chi connectivity index (χ3v) is 4.26. The molecule has 0 radical (unpaired) electrons. The predicted molar refractivity (Wildman–Crippen MR) is 100 cm³/mol. The molecule has 2 aromatic carbocycles. The van der Waals surface area contributed by atoms with Gasteiger partial charge < -0.3 is 34.3 Å². The van der Waals surface area contributed by atoms with Crippen molar-refractivity contribution in [2.45, 2.75) is 27.4 Å². The van der Waals surface area contributed by atoms with Crippen molar-refractivity contribution in [2.24, 2.45) is 0 Å². The number of carbonyl (C=O) groups excluding carboxylic acids is 1. The second-order valence-electron chi connectivity index (χ2n) is 6.26. The second-order valence-corrected chi connectivity index (χ2v) is 6.26. The van der Waals surface area contributed by atoms with E-state index in [4.69, 9.17) is 18.9 Å². The maximum atomic E-state index is 12.1. The highest BCUT2D eigenvalue weighted by molar-refractivity contribution is 5.96.